The fourth-order valence-corrected chi connectivity index (χ4v) is 3.81. The van der Waals surface area contributed by atoms with Gasteiger partial charge in [-0.1, -0.05) is 12.8 Å². The molecule has 0 spiro atoms. The molecule has 0 aromatic carbocycles. The van der Waals surface area contributed by atoms with Crippen molar-refractivity contribution >= 4 is 11.8 Å². The van der Waals surface area contributed by atoms with Crippen molar-refractivity contribution in [3.05, 3.63) is 0 Å². The van der Waals surface area contributed by atoms with Crippen molar-refractivity contribution in [3.63, 3.8) is 0 Å². The number of amides is 2. The fourth-order valence-electron chi connectivity index (χ4n) is 3.81. The van der Waals surface area contributed by atoms with Gasteiger partial charge in [0.2, 0.25) is 11.8 Å². The topological polar surface area (TPSA) is 73.2 Å². The number of rotatable bonds is 3. The molecule has 0 aromatic rings. The first kappa shape index (κ1) is 15.3. The Morgan fingerprint density at radius 2 is 1.64 bits per heavy atom. The molecule has 2 aliphatic carbocycles. The van der Waals surface area contributed by atoms with E-state index in [0.717, 1.165) is 64.5 Å². The highest BCUT2D eigenvalue weighted by Crippen LogP contribution is 2.37. The summed E-state index contributed by atoms with van der Waals surface area (Å²) in [6.07, 6.45) is 8.45. The molecule has 1 heterocycles. The first-order chi connectivity index (χ1) is 10.7. The van der Waals surface area contributed by atoms with Crippen LogP contribution >= 0.6 is 0 Å². The van der Waals surface area contributed by atoms with Crippen molar-refractivity contribution in [2.24, 2.45) is 11.8 Å². The third-order valence-corrected chi connectivity index (χ3v) is 5.41. The lowest BCUT2D eigenvalue weighted by Gasteiger charge is -2.36. The van der Waals surface area contributed by atoms with Gasteiger partial charge in [0.05, 0.1) is 6.07 Å². The zero-order chi connectivity index (χ0) is 15.6. The minimum Gasteiger partial charge on any atom is -0.342 e. The van der Waals surface area contributed by atoms with E-state index in [1.807, 2.05) is 4.90 Å². The summed E-state index contributed by atoms with van der Waals surface area (Å²) in [5.41, 5.74) is -0.632. The molecule has 2 amide bonds. The highest BCUT2D eigenvalue weighted by molar-refractivity contribution is 5.88. The van der Waals surface area contributed by atoms with Crippen LogP contribution < -0.4 is 5.32 Å². The summed E-state index contributed by atoms with van der Waals surface area (Å²) in [5, 5.41) is 12.0. The zero-order valence-corrected chi connectivity index (χ0v) is 13.1. The van der Waals surface area contributed by atoms with Crippen molar-refractivity contribution in [1.82, 2.24) is 10.2 Å². The number of piperidine rings is 1. The Morgan fingerprint density at radius 3 is 2.23 bits per heavy atom. The molecule has 0 radical (unpaired) electrons. The van der Waals surface area contributed by atoms with Crippen molar-refractivity contribution < 1.29 is 9.59 Å². The molecule has 1 N–H and O–H groups in total. The first-order valence-corrected chi connectivity index (χ1v) is 8.67. The number of likely N-dealkylation sites (tertiary alicyclic amines) is 1. The number of hydrogen-bond acceptors (Lipinski definition) is 3. The van der Waals surface area contributed by atoms with Gasteiger partial charge in [-0.2, -0.15) is 5.26 Å². The normalized spacial score (nSPS) is 30.2. The lowest BCUT2D eigenvalue weighted by atomic mass is 9.77. The maximum absolute atomic E-state index is 12.8. The van der Waals surface area contributed by atoms with Gasteiger partial charge in [0, 0.05) is 24.9 Å². The minimum atomic E-state index is -0.632. The van der Waals surface area contributed by atoms with E-state index in [4.69, 9.17) is 5.26 Å². The van der Waals surface area contributed by atoms with E-state index in [1.165, 1.54) is 6.42 Å². The quantitative estimate of drug-likeness (QED) is 0.866. The monoisotopic (exact) mass is 303 g/mol. The van der Waals surface area contributed by atoms with Crippen LogP contribution in [0.1, 0.15) is 57.8 Å². The summed E-state index contributed by atoms with van der Waals surface area (Å²) in [6.45, 7) is 1.68. The number of hydrogen-bond donors (Lipinski definition) is 1. The van der Waals surface area contributed by atoms with E-state index >= 15 is 0 Å². The van der Waals surface area contributed by atoms with Crippen molar-refractivity contribution in [3.8, 4) is 6.07 Å². The van der Waals surface area contributed by atoms with E-state index in [2.05, 4.69) is 11.4 Å². The summed E-state index contributed by atoms with van der Waals surface area (Å²) in [4.78, 5) is 27.3. The smallest absolute Gasteiger partial charge is 0.226 e. The predicted molar refractivity (Wildman–Crippen MR) is 81.6 cm³/mol. The van der Waals surface area contributed by atoms with Crippen LogP contribution in [0.3, 0.4) is 0 Å². The average molecular weight is 303 g/mol. The molecule has 5 heteroatoms. The SMILES string of the molecule is N#CC1(NC(=O)[C@@H]2CCCC[C@H]2C(=O)N2CCCCC2)CC1. The van der Waals surface area contributed by atoms with Crippen LogP contribution in [-0.2, 0) is 9.59 Å². The van der Waals surface area contributed by atoms with Crippen LogP contribution in [0.4, 0.5) is 0 Å². The summed E-state index contributed by atoms with van der Waals surface area (Å²) in [6, 6.07) is 2.20. The Labute approximate surface area is 132 Å². The average Bonchev–Trinajstić information content (AvgIpc) is 3.35. The lowest BCUT2D eigenvalue weighted by Crippen LogP contribution is -2.48. The summed E-state index contributed by atoms with van der Waals surface area (Å²) in [7, 11) is 0. The summed E-state index contributed by atoms with van der Waals surface area (Å²) < 4.78 is 0. The van der Waals surface area contributed by atoms with Crippen molar-refractivity contribution in [1.29, 1.82) is 5.26 Å². The van der Waals surface area contributed by atoms with Gasteiger partial charge in [-0.25, -0.2) is 0 Å². The molecule has 3 rings (SSSR count). The molecule has 0 bridgehead atoms. The van der Waals surface area contributed by atoms with E-state index in [0.29, 0.717) is 0 Å². The zero-order valence-electron chi connectivity index (χ0n) is 13.1. The second-order valence-corrected chi connectivity index (χ2v) is 7.07. The molecule has 22 heavy (non-hydrogen) atoms. The second-order valence-electron chi connectivity index (χ2n) is 7.07. The van der Waals surface area contributed by atoms with Gasteiger partial charge >= 0.3 is 0 Å². The lowest BCUT2D eigenvalue weighted by molar-refractivity contribution is -0.144. The van der Waals surface area contributed by atoms with Gasteiger partial charge < -0.3 is 10.2 Å². The standard InChI is InChI=1S/C17H25N3O2/c18-12-17(8-9-17)19-15(21)13-6-2-3-7-14(13)16(22)20-10-4-1-5-11-20/h13-14H,1-11H2,(H,19,21)/t13-,14-/m1/s1. The van der Waals surface area contributed by atoms with Gasteiger partial charge in [0.25, 0.3) is 0 Å². The van der Waals surface area contributed by atoms with Gasteiger partial charge in [0.15, 0.2) is 0 Å². The third kappa shape index (κ3) is 3.11. The molecular weight excluding hydrogens is 278 g/mol. The molecule has 5 nitrogen and oxygen atoms in total. The Morgan fingerprint density at radius 1 is 1.00 bits per heavy atom. The first-order valence-electron chi connectivity index (χ1n) is 8.67. The van der Waals surface area contributed by atoms with Crippen LogP contribution in [0, 0.1) is 23.2 Å². The Hall–Kier alpha value is -1.57. The second kappa shape index (κ2) is 6.28. The molecular formula is C17H25N3O2. The van der Waals surface area contributed by atoms with Crippen molar-refractivity contribution in [2.75, 3.05) is 13.1 Å². The Kier molecular flexibility index (Phi) is 4.37. The molecule has 2 atom stereocenters. The summed E-state index contributed by atoms with van der Waals surface area (Å²) >= 11 is 0. The number of carbonyl (C=O) groups is 2. The minimum absolute atomic E-state index is 0.0749. The van der Waals surface area contributed by atoms with E-state index in [9.17, 15) is 9.59 Å². The third-order valence-electron chi connectivity index (χ3n) is 5.41. The van der Waals surface area contributed by atoms with Crippen LogP contribution in [0.2, 0.25) is 0 Å². The highest BCUT2D eigenvalue weighted by atomic mass is 16.2. The maximum Gasteiger partial charge on any atom is 0.226 e. The fraction of sp³-hybridized carbons (Fsp3) is 0.824. The largest absolute Gasteiger partial charge is 0.342 e. The van der Waals surface area contributed by atoms with Crippen LogP contribution in [0.15, 0.2) is 0 Å². The van der Waals surface area contributed by atoms with Gasteiger partial charge in [0.1, 0.15) is 5.54 Å². The van der Waals surface area contributed by atoms with E-state index in [1.54, 1.807) is 0 Å². The predicted octanol–water partition coefficient (Wildman–Crippen LogP) is 1.98. The van der Waals surface area contributed by atoms with E-state index < -0.39 is 5.54 Å². The highest BCUT2D eigenvalue weighted by Gasteiger charge is 2.47. The van der Waals surface area contributed by atoms with Crippen LogP contribution in [-0.4, -0.2) is 35.3 Å². The molecule has 1 saturated heterocycles. The molecule has 2 saturated carbocycles. The van der Waals surface area contributed by atoms with Crippen LogP contribution in [0.5, 0.6) is 0 Å². The number of carbonyl (C=O) groups excluding carboxylic acids is 2. The Bertz CT molecular complexity index is 487. The van der Waals surface area contributed by atoms with Gasteiger partial charge in [-0.15, -0.1) is 0 Å². The van der Waals surface area contributed by atoms with Crippen LogP contribution in [0.25, 0.3) is 0 Å². The maximum atomic E-state index is 12.8. The molecule has 1 aliphatic heterocycles. The number of nitrogens with zero attached hydrogens (tertiary/aromatic N) is 2. The summed E-state index contributed by atoms with van der Waals surface area (Å²) in [5.74, 6) is -0.328. The Balaban J connectivity index is 1.66. The molecule has 3 fully saturated rings. The molecule has 120 valence electrons. The molecule has 0 unspecified atom stereocenters. The molecule has 3 aliphatic rings. The number of nitrogens with one attached hydrogen (secondary N) is 1. The van der Waals surface area contributed by atoms with Gasteiger partial charge in [-0.05, 0) is 44.9 Å². The van der Waals surface area contributed by atoms with E-state index in [-0.39, 0.29) is 23.7 Å². The molecule has 0 aromatic heterocycles. The van der Waals surface area contributed by atoms with Gasteiger partial charge in [-0.3, -0.25) is 9.59 Å². The number of nitriles is 1. The van der Waals surface area contributed by atoms with Crippen molar-refractivity contribution in [2.45, 2.75) is 63.3 Å².